The number of hydrogen-bond donors (Lipinski definition) is 0. The molecule has 0 saturated carbocycles. The summed E-state index contributed by atoms with van der Waals surface area (Å²) in [4.78, 5) is 13.4. The molecule has 2 heterocycles. The monoisotopic (exact) mass is 354 g/mol. The van der Waals surface area contributed by atoms with Crippen LogP contribution in [0.25, 0.3) is 0 Å². The van der Waals surface area contributed by atoms with Crippen LogP contribution >= 0.6 is 0 Å². The fraction of sp³-hybridized carbons (Fsp3) is 0.263. The standard InChI is InChI=1S/C19H18N2O3S/c1-24-15-8-6-14(7-9-15)21-18(22)12-13-10-11-25(23)17-5-3-2-4-16(17)19(13)20-21/h2-9,13H,10-12H2,1H3. The molecule has 0 bridgehead atoms. The summed E-state index contributed by atoms with van der Waals surface area (Å²) in [5.41, 5.74) is 2.46. The number of hydrazone groups is 1. The van der Waals surface area contributed by atoms with Gasteiger partial charge in [-0.3, -0.25) is 4.79 Å². The molecule has 0 aromatic heterocycles. The minimum atomic E-state index is -1.05. The van der Waals surface area contributed by atoms with Crippen molar-refractivity contribution in [1.82, 2.24) is 0 Å². The van der Waals surface area contributed by atoms with Gasteiger partial charge in [0.15, 0.2) is 4.90 Å². The van der Waals surface area contributed by atoms with Crippen LogP contribution in [-0.4, -0.2) is 29.0 Å². The molecule has 2 aromatic rings. The number of carbonyl (C=O) groups is 1. The third-order valence-corrected chi connectivity index (χ3v) is 6.08. The fourth-order valence-corrected chi connectivity index (χ4v) is 4.68. The Hall–Kier alpha value is -2.31. The van der Waals surface area contributed by atoms with Gasteiger partial charge in [0.1, 0.15) is 11.5 Å². The first-order valence-corrected chi connectivity index (χ1v) is 9.52. The van der Waals surface area contributed by atoms with Gasteiger partial charge in [0.2, 0.25) is 5.91 Å². The molecular weight excluding hydrogens is 336 g/mol. The van der Waals surface area contributed by atoms with Crippen molar-refractivity contribution in [3.05, 3.63) is 54.1 Å². The van der Waals surface area contributed by atoms with E-state index in [-0.39, 0.29) is 11.8 Å². The van der Waals surface area contributed by atoms with Crippen LogP contribution in [0.2, 0.25) is 0 Å². The average Bonchev–Trinajstić information content (AvgIpc) is 2.79. The van der Waals surface area contributed by atoms with Gasteiger partial charge >= 0.3 is 0 Å². The number of ether oxygens (including phenoxy) is 1. The molecule has 2 aliphatic heterocycles. The lowest BCUT2D eigenvalue weighted by Gasteiger charge is -2.28. The van der Waals surface area contributed by atoms with E-state index in [2.05, 4.69) is 5.10 Å². The summed E-state index contributed by atoms with van der Waals surface area (Å²) in [5, 5.41) is 6.13. The fourth-order valence-electron chi connectivity index (χ4n) is 3.31. The topological polar surface area (TPSA) is 65.0 Å². The Kier molecular flexibility index (Phi) is 4.23. The number of amides is 1. The first kappa shape index (κ1) is 16.2. The van der Waals surface area contributed by atoms with Gasteiger partial charge in [0.05, 0.1) is 24.1 Å². The van der Waals surface area contributed by atoms with Crippen LogP contribution in [0.5, 0.6) is 5.75 Å². The maximum absolute atomic E-state index is 12.6. The molecule has 2 aromatic carbocycles. The molecule has 25 heavy (non-hydrogen) atoms. The largest absolute Gasteiger partial charge is 0.611 e. The summed E-state index contributed by atoms with van der Waals surface area (Å²) in [6.45, 7) is 0. The van der Waals surface area contributed by atoms with Crippen LogP contribution in [0.4, 0.5) is 5.69 Å². The number of carbonyl (C=O) groups excluding carboxylic acids is 1. The number of nitrogens with zero attached hydrogens (tertiary/aromatic N) is 2. The Balaban J connectivity index is 1.79. The number of rotatable bonds is 2. The van der Waals surface area contributed by atoms with Gasteiger partial charge in [0.25, 0.3) is 0 Å². The van der Waals surface area contributed by atoms with E-state index in [0.717, 1.165) is 21.9 Å². The van der Waals surface area contributed by atoms with Gasteiger partial charge in [-0.1, -0.05) is 12.1 Å². The number of benzene rings is 2. The van der Waals surface area contributed by atoms with E-state index in [1.807, 2.05) is 48.5 Å². The van der Waals surface area contributed by atoms with Gasteiger partial charge in [-0.15, -0.1) is 0 Å². The van der Waals surface area contributed by atoms with Gasteiger partial charge in [-0.2, -0.15) is 5.10 Å². The lowest BCUT2D eigenvalue weighted by Crippen LogP contribution is -2.37. The van der Waals surface area contributed by atoms with Crippen molar-refractivity contribution in [3.8, 4) is 5.75 Å². The SMILES string of the molecule is COc1ccc(N2N=C3c4ccccc4[S+]([O-])CCC3CC2=O)cc1. The van der Waals surface area contributed by atoms with Crippen molar-refractivity contribution in [3.63, 3.8) is 0 Å². The number of methoxy groups -OCH3 is 1. The van der Waals surface area contributed by atoms with Crippen molar-refractivity contribution < 1.29 is 14.1 Å². The van der Waals surface area contributed by atoms with E-state index >= 15 is 0 Å². The second-order valence-electron chi connectivity index (χ2n) is 6.12. The van der Waals surface area contributed by atoms with E-state index < -0.39 is 11.2 Å². The summed E-state index contributed by atoms with van der Waals surface area (Å²) >= 11 is -1.05. The molecule has 1 amide bonds. The first-order valence-electron chi connectivity index (χ1n) is 8.20. The Morgan fingerprint density at radius 2 is 1.96 bits per heavy atom. The normalized spacial score (nSPS) is 22.6. The average molecular weight is 354 g/mol. The number of hydrogen-bond acceptors (Lipinski definition) is 4. The van der Waals surface area contributed by atoms with Gasteiger partial charge in [-0.25, -0.2) is 5.01 Å². The van der Waals surface area contributed by atoms with Crippen molar-refractivity contribution in [1.29, 1.82) is 0 Å². The third kappa shape index (κ3) is 2.92. The first-order chi connectivity index (χ1) is 12.2. The number of anilines is 1. The molecular formula is C19H18N2O3S. The van der Waals surface area contributed by atoms with Crippen molar-refractivity contribution in [2.24, 2.45) is 11.0 Å². The minimum absolute atomic E-state index is 0.0228. The van der Waals surface area contributed by atoms with Crippen molar-refractivity contribution in [2.75, 3.05) is 17.9 Å². The zero-order chi connectivity index (χ0) is 17.4. The third-order valence-electron chi connectivity index (χ3n) is 4.63. The van der Waals surface area contributed by atoms with Crippen molar-refractivity contribution in [2.45, 2.75) is 17.7 Å². The van der Waals surface area contributed by atoms with Crippen molar-refractivity contribution >= 4 is 28.5 Å². The van der Waals surface area contributed by atoms with Crippen LogP contribution in [0.3, 0.4) is 0 Å². The second kappa shape index (κ2) is 6.54. The molecule has 0 saturated heterocycles. The van der Waals surface area contributed by atoms with Crippen LogP contribution in [0.1, 0.15) is 18.4 Å². The summed E-state index contributed by atoms with van der Waals surface area (Å²) < 4.78 is 17.7. The maximum atomic E-state index is 12.6. The molecule has 128 valence electrons. The molecule has 0 N–H and O–H groups in total. The summed E-state index contributed by atoms with van der Waals surface area (Å²) in [5.74, 6) is 1.28. The molecule has 0 radical (unpaired) electrons. The molecule has 0 fully saturated rings. The summed E-state index contributed by atoms with van der Waals surface area (Å²) in [6.07, 6.45) is 1.10. The highest BCUT2D eigenvalue weighted by Gasteiger charge is 2.37. The van der Waals surface area contributed by atoms with Crippen LogP contribution in [0, 0.1) is 5.92 Å². The van der Waals surface area contributed by atoms with Crippen LogP contribution in [0.15, 0.2) is 58.5 Å². The molecule has 0 spiro atoms. The smallest absolute Gasteiger partial charge is 0.248 e. The summed E-state index contributed by atoms with van der Waals surface area (Å²) in [7, 11) is 1.61. The second-order valence-corrected chi connectivity index (χ2v) is 7.66. The van der Waals surface area contributed by atoms with E-state index in [1.54, 1.807) is 7.11 Å². The molecule has 2 atom stereocenters. The Morgan fingerprint density at radius 3 is 2.72 bits per heavy atom. The molecule has 2 unspecified atom stereocenters. The predicted molar refractivity (Wildman–Crippen MR) is 97.5 cm³/mol. The van der Waals surface area contributed by atoms with E-state index in [0.29, 0.717) is 24.3 Å². The molecule has 2 aliphatic rings. The Morgan fingerprint density at radius 1 is 1.20 bits per heavy atom. The highest BCUT2D eigenvalue weighted by atomic mass is 32.2. The lowest BCUT2D eigenvalue weighted by molar-refractivity contribution is -0.119. The van der Waals surface area contributed by atoms with Gasteiger partial charge in [-0.05, 0) is 47.6 Å². The Bertz CT molecular complexity index is 835. The van der Waals surface area contributed by atoms with Crippen LogP contribution < -0.4 is 9.75 Å². The van der Waals surface area contributed by atoms with Gasteiger partial charge < -0.3 is 9.29 Å². The lowest BCUT2D eigenvalue weighted by atomic mass is 9.90. The minimum Gasteiger partial charge on any atom is -0.611 e. The zero-order valence-corrected chi connectivity index (χ0v) is 14.7. The molecule has 5 nitrogen and oxygen atoms in total. The predicted octanol–water partition coefficient (Wildman–Crippen LogP) is 2.96. The quantitative estimate of drug-likeness (QED) is 0.779. The Labute approximate surface area is 149 Å². The van der Waals surface area contributed by atoms with Gasteiger partial charge in [0, 0.05) is 18.8 Å². The molecule has 0 aliphatic carbocycles. The van der Waals surface area contributed by atoms with Crippen LogP contribution in [-0.2, 0) is 16.0 Å². The van der Waals surface area contributed by atoms with E-state index in [1.165, 1.54) is 5.01 Å². The van der Waals surface area contributed by atoms with E-state index in [9.17, 15) is 9.35 Å². The molecule has 4 rings (SSSR count). The number of fused-ring (bicyclic) bond motifs is 3. The molecule has 6 heteroatoms. The highest BCUT2D eigenvalue weighted by Crippen LogP contribution is 2.34. The van der Waals surface area contributed by atoms with E-state index in [4.69, 9.17) is 4.74 Å². The highest BCUT2D eigenvalue weighted by molar-refractivity contribution is 7.91. The maximum Gasteiger partial charge on any atom is 0.248 e. The summed E-state index contributed by atoms with van der Waals surface area (Å²) in [6, 6.07) is 14.9. The zero-order valence-electron chi connectivity index (χ0n) is 13.8.